The largest absolute Gasteiger partial charge is 0.390 e. The van der Waals surface area contributed by atoms with E-state index >= 15 is 0 Å². The van der Waals surface area contributed by atoms with E-state index in [-0.39, 0.29) is 30.0 Å². The van der Waals surface area contributed by atoms with Gasteiger partial charge in [-0.15, -0.1) is 0 Å². The Morgan fingerprint density at radius 3 is 2.22 bits per heavy atom. The highest BCUT2D eigenvalue weighted by Gasteiger charge is 2.25. The first-order chi connectivity index (χ1) is 21.7. The van der Waals surface area contributed by atoms with Gasteiger partial charge in [0.2, 0.25) is 0 Å². The molecule has 3 aromatic carbocycles. The monoisotopic (exact) mass is 614 g/mol. The molecule has 1 heterocycles. The first kappa shape index (κ1) is 33.4. The Labute approximate surface area is 263 Å². The summed E-state index contributed by atoms with van der Waals surface area (Å²) in [5.74, 6) is -2.25. The summed E-state index contributed by atoms with van der Waals surface area (Å²) in [5.41, 5.74) is 4.43. The molecule has 0 aliphatic heterocycles. The van der Waals surface area contributed by atoms with Gasteiger partial charge in [-0.3, -0.25) is 14.6 Å². The third-order valence-corrected chi connectivity index (χ3v) is 7.73. The van der Waals surface area contributed by atoms with Crippen LogP contribution in [0.25, 0.3) is 11.1 Å². The Morgan fingerprint density at radius 2 is 1.56 bits per heavy atom. The van der Waals surface area contributed by atoms with E-state index in [1.165, 1.54) is 23.8 Å². The number of carbonyl (C=O) groups excluding carboxylic acids is 2. The number of halogens is 2. The van der Waals surface area contributed by atoms with Gasteiger partial charge in [0, 0.05) is 61.3 Å². The third-order valence-electron chi connectivity index (χ3n) is 7.73. The van der Waals surface area contributed by atoms with Crippen molar-refractivity contribution in [2.45, 2.75) is 52.3 Å². The normalized spacial score (nSPS) is 12.4. The number of hydrogen-bond acceptors (Lipinski definition) is 5. The van der Waals surface area contributed by atoms with Crippen LogP contribution in [0.4, 0.5) is 8.78 Å². The van der Waals surface area contributed by atoms with Crippen LogP contribution in [0.15, 0.2) is 85.2 Å². The molecule has 0 aliphatic carbocycles. The molecule has 0 spiro atoms. The van der Waals surface area contributed by atoms with Crippen LogP contribution in [0.3, 0.4) is 0 Å². The van der Waals surface area contributed by atoms with Crippen molar-refractivity contribution in [1.82, 2.24) is 20.5 Å². The standard InChI is InChI=1S/C36H40F2N4O3/c1-4-24-9-7-10-25(13-24)21-40-23-34(43)33(16-26-14-31(37)20-32(38)15-26)41-35(44)29-17-28(27-11-8-12-39-22-27)18-30(19-29)36(45)42(5-2)6-3/h7-15,17-20,22,33-34,40,43H,4-6,16,21,23H2,1-3H3,(H,41,44)/t33-,34+/m0/s1. The van der Waals surface area contributed by atoms with Gasteiger partial charge < -0.3 is 20.6 Å². The Balaban J connectivity index is 1.61. The molecule has 0 fully saturated rings. The van der Waals surface area contributed by atoms with Crippen LogP contribution >= 0.6 is 0 Å². The van der Waals surface area contributed by atoms with Crippen LogP contribution in [0, 0.1) is 11.6 Å². The minimum atomic E-state index is -1.10. The predicted octanol–water partition coefficient (Wildman–Crippen LogP) is 5.56. The Kier molecular flexibility index (Phi) is 11.9. The number of hydrogen-bond donors (Lipinski definition) is 3. The number of aryl methyl sites for hydroxylation is 1. The number of nitrogens with one attached hydrogen (secondary N) is 2. The highest BCUT2D eigenvalue weighted by molar-refractivity contribution is 6.01. The molecule has 1 aromatic heterocycles. The summed E-state index contributed by atoms with van der Waals surface area (Å²) >= 11 is 0. The zero-order chi connectivity index (χ0) is 32.3. The molecule has 0 unspecified atom stereocenters. The molecule has 0 bridgehead atoms. The average molecular weight is 615 g/mol. The lowest BCUT2D eigenvalue weighted by atomic mass is 9.97. The molecule has 2 amide bonds. The van der Waals surface area contributed by atoms with E-state index in [2.05, 4.69) is 28.6 Å². The zero-order valence-corrected chi connectivity index (χ0v) is 25.9. The first-order valence-corrected chi connectivity index (χ1v) is 15.3. The van der Waals surface area contributed by atoms with Crippen molar-refractivity contribution in [3.05, 3.63) is 125 Å². The zero-order valence-electron chi connectivity index (χ0n) is 25.9. The second-order valence-electron chi connectivity index (χ2n) is 11.0. The molecule has 236 valence electrons. The maximum absolute atomic E-state index is 14.1. The fourth-order valence-electron chi connectivity index (χ4n) is 5.26. The minimum absolute atomic E-state index is 0.0257. The highest BCUT2D eigenvalue weighted by Crippen LogP contribution is 2.23. The quantitative estimate of drug-likeness (QED) is 0.173. The van der Waals surface area contributed by atoms with Gasteiger partial charge in [-0.1, -0.05) is 37.3 Å². The van der Waals surface area contributed by atoms with Crippen molar-refractivity contribution in [2.75, 3.05) is 19.6 Å². The predicted molar refractivity (Wildman–Crippen MR) is 172 cm³/mol. The smallest absolute Gasteiger partial charge is 0.253 e. The molecular formula is C36H40F2N4O3. The fraction of sp³-hybridized carbons (Fsp3) is 0.306. The summed E-state index contributed by atoms with van der Waals surface area (Å²) < 4.78 is 28.1. The molecule has 4 rings (SSSR count). The lowest BCUT2D eigenvalue weighted by molar-refractivity contribution is 0.0773. The summed E-state index contributed by atoms with van der Waals surface area (Å²) in [6.45, 7) is 7.45. The molecule has 9 heteroatoms. The van der Waals surface area contributed by atoms with E-state index < -0.39 is 29.7 Å². The number of amides is 2. The summed E-state index contributed by atoms with van der Waals surface area (Å²) in [7, 11) is 0. The summed E-state index contributed by atoms with van der Waals surface area (Å²) in [5, 5.41) is 17.4. The van der Waals surface area contributed by atoms with E-state index in [0.29, 0.717) is 30.8 Å². The third kappa shape index (κ3) is 9.26. The van der Waals surface area contributed by atoms with E-state index in [1.54, 1.807) is 35.5 Å². The molecule has 7 nitrogen and oxygen atoms in total. The number of aromatic nitrogens is 1. The molecule has 2 atom stereocenters. The average Bonchev–Trinajstić information content (AvgIpc) is 3.04. The van der Waals surface area contributed by atoms with Gasteiger partial charge in [-0.25, -0.2) is 8.78 Å². The van der Waals surface area contributed by atoms with Crippen molar-refractivity contribution in [3.8, 4) is 11.1 Å². The van der Waals surface area contributed by atoms with Gasteiger partial charge in [0.05, 0.1) is 12.1 Å². The Bertz CT molecular complexity index is 1570. The first-order valence-electron chi connectivity index (χ1n) is 15.3. The van der Waals surface area contributed by atoms with E-state index in [4.69, 9.17) is 0 Å². The van der Waals surface area contributed by atoms with E-state index in [1.807, 2.05) is 38.1 Å². The summed E-state index contributed by atoms with van der Waals surface area (Å²) in [6, 6.07) is 18.9. The van der Waals surface area contributed by atoms with Crippen LogP contribution in [0.5, 0.6) is 0 Å². The molecule has 0 radical (unpaired) electrons. The number of carbonyl (C=O) groups is 2. The molecule has 3 N–H and O–H groups in total. The summed E-state index contributed by atoms with van der Waals surface area (Å²) in [6.07, 6.45) is 3.06. The SMILES string of the molecule is CCc1cccc(CNC[C@@H](O)[C@H](Cc2cc(F)cc(F)c2)NC(=O)c2cc(C(=O)N(CC)CC)cc(-c3cccnc3)c2)c1. The molecule has 0 saturated heterocycles. The molecule has 45 heavy (non-hydrogen) atoms. The van der Waals surface area contributed by atoms with Crippen LogP contribution in [-0.2, 0) is 19.4 Å². The second-order valence-corrected chi connectivity index (χ2v) is 11.0. The number of aliphatic hydroxyl groups excluding tert-OH is 1. The lowest BCUT2D eigenvalue weighted by Gasteiger charge is -2.25. The van der Waals surface area contributed by atoms with E-state index in [0.717, 1.165) is 23.6 Å². The molecule has 4 aromatic rings. The Hall–Kier alpha value is -4.47. The molecule has 0 saturated carbocycles. The van der Waals surface area contributed by atoms with Crippen LogP contribution in [0.2, 0.25) is 0 Å². The molecular weight excluding hydrogens is 574 g/mol. The fourth-order valence-corrected chi connectivity index (χ4v) is 5.26. The highest BCUT2D eigenvalue weighted by atomic mass is 19.1. The Morgan fingerprint density at radius 1 is 0.844 bits per heavy atom. The van der Waals surface area contributed by atoms with Crippen molar-refractivity contribution in [2.24, 2.45) is 0 Å². The number of aliphatic hydroxyl groups is 1. The lowest BCUT2D eigenvalue weighted by Crippen LogP contribution is -2.48. The summed E-state index contributed by atoms with van der Waals surface area (Å²) in [4.78, 5) is 33.0. The number of benzene rings is 3. The minimum Gasteiger partial charge on any atom is -0.390 e. The van der Waals surface area contributed by atoms with Crippen LogP contribution < -0.4 is 10.6 Å². The van der Waals surface area contributed by atoms with Crippen molar-refractivity contribution in [1.29, 1.82) is 0 Å². The topological polar surface area (TPSA) is 94.6 Å². The van der Waals surface area contributed by atoms with Crippen LogP contribution in [0.1, 0.15) is 58.2 Å². The number of pyridine rings is 1. The van der Waals surface area contributed by atoms with Gasteiger partial charge in [0.25, 0.3) is 11.8 Å². The van der Waals surface area contributed by atoms with Crippen molar-refractivity contribution >= 4 is 11.8 Å². The molecule has 0 aliphatic rings. The van der Waals surface area contributed by atoms with Crippen molar-refractivity contribution < 1.29 is 23.5 Å². The maximum atomic E-state index is 14.1. The van der Waals surface area contributed by atoms with Gasteiger partial charge in [-0.05, 0) is 85.3 Å². The number of rotatable bonds is 14. The maximum Gasteiger partial charge on any atom is 0.253 e. The van der Waals surface area contributed by atoms with Crippen molar-refractivity contribution in [3.63, 3.8) is 0 Å². The van der Waals surface area contributed by atoms with E-state index in [9.17, 15) is 23.5 Å². The number of nitrogens with zero attached hydrogens (tertiary/aromatic N) is 2. The second kappa shape index (κ2) is 16.0. The van der Waals surface area contributed by atoms with Gasteiger partial charge in [0.15, 0.2) is 0 Å². The van der Waals surface area contributed by atoms with Gasteiger partial charge in [0.1, 0.15) is 11.6 Å². The van der Waals surface area contributed by atoms with Gasteiger partial charge >= 0.3 is 0 Å². The van der Waals surface area contributed by atoms with Gasteiger partial charge in [-0.2, -0.15) is 0 Å². The van der Waals surface area contributed by atoms with Crippen LogP contribution in [-0.4, -0.2) is 58.6 Å².